The molecule has 4 N–H and O–H groups in total. The molecule has 0 aliphatic carbocycles. The highest BCUT2D eigenvalue weighted by atomic mass is 16.5. The van der Waals surface area contributed by atoms with Crippen LogP contribution in [0, 0.1) is 0 Å². The molecule has 3 aromatic rings. The van der Waals surface area contributed by atoms with Gasteiger partial charge in [-0.15, -0.1) is 0 Å². The molecule has 0 aliphatic rings. The molecule has 0 saturated carbocycles. The number of fused-ring (bicyclic) bond motifs is 1. The van der Waals surface area contributed by atoms with Gasteiger partial charge in [0.2, 0.25) is 5.95 Å². The van der Waals surface area contributed by atoms with Crippen molar-refractivity contribution >= 4 is 17.1 Å². The number of rotatable bonds is 8. The first kappa shape index (κ1) is 19.6. The number of para-hydroxylation sites is 1. The van der Waals surface area contributed by atoms with Crippen molar-refractivity contribution < 1.29 is 14.9 Å². The molecule has 2 atom stereocenters. The van der Waals surface area contributed by atoms with Crippen LogP contribution in [0.25, 0.3) is 11.2 Å². The van der Waals surface area contributed by atoms with Crippen LogP contribution >= 0.6 is 0 Å². The SMILES string of the molecule is C[C@@H](O)CNc1nc2c(c(=O)[nH]c(=O)n2C)n1C[C@@H](O)COc1ccccc1. The fraction of sp³-hybridized carbons (Fsp3) is 0.389. The van der Waals surface area contributed by atoms with Crippen LogP contribution in [-0.2, 0) is 13.6 Å². The van der Waals surface area contributed by atoms with E-state index in [1.807, 2.05) is 18.2 Å². The zero-order valence-corrected chi connectivity index (χ0v) is 15.6. The van der Waals surface area contributed by atoms with Gasteiger partial charge in [-0.3, -0.25) is 14.3 Å². The maximum Gasteiger partial charge on any atom is 0.329 e. The van der Waals surface area contributed by atoms with Crippen LogP contribution in [0.3, 0.4) is 0 Å². The number of hydrogen-bond donors (Lipinski definition) is 4. The predicted octanol–water partition coefficient (Wildman–Crippen LogP) is -0.344. The van der Waals surface area contributed by atoms with Crippen molar-refractivity contribution in [2.24, 2.45) is 7.05 Å². The summed E-state index contributed by atoms with van der Waals surface area (Å²) in [4.78, 5) is 30.8. The van der Waals surface area contributed by atoms with Gasteiger partial charge in [-0.1, -0.05) is 18.2 Å². The molecule has 3 rings (SSSR count). The summed E-state index contributed by atoms with van der Waals surface area (Å²) >= 11 is 0. The second-order valence-corrected chi connectivity index (χ2v) is 6.54. The van der Waals surface area contributed by atoms with Gasteiger partial charge in [0, 0.05) is 13.6 Å². The number of imidazole rings is 1. The van der Waals surface area contributed by atoms with E-state index >= 15 is 0 Å². The van der Waals surface area contributed by atoms with E-state index in [2.05, 4.69) is 15.3 Å². The summed E-state index contributed by atoms with van der Waals surface area (Å²) in [6.45, 7) is 1.80. The molecule has 1 aromatic carbocycles. The summed E-state index contributed by atoms with van der Waals surface area (Å²) in [7, 11) is 1.49. The Balaban J connectivity index is 1.90. The van der Waals surface area contributed by atoms with Crippen LogP contribution < -0.4 is 21.3 Å². The van der Waals surface area contributed by atoms with E-state index in [1.165, 1.54) is 16.2 Å². The second kappa shape index (κ2) is 8.28. The monoisotopic (exact) mass is 389 g/mol. The van der Waals surface area contributed by atoms with Gasteiger partial charge in [0.25, 0.3) is 5.56 Å². The molecular formula is C18H23N5O5. The van der Waals surface area contributed by atoms with Crippen molar-refractivity contribution in [2.75, 3.05) is 18.5 Å². The number of nitrogens with zero attached hydrogens (tertiary/aromatic N) is 3. The lowest BCUT2D eigenvalue weighted by Gasteiger charge is -2.16. The van der Waals surface area contributed by atoms with Gasteiger partial charge in [0.1, 0.15) is 18.5 Å². The quantitative estimate of drug-likeness (QED) is 0.414. The fourth-order valence-corrected chi connectivity index (χ4v) is 2.76. The van der Waals surface area contributed by atoms with E-state index in [0.29, 0.717) is 5.75 Å². The normalized spacial score (nSPS) is 13.4. The number of H-pyrrole nitrogens is 1. The zero-order chi connectivity index (χ0) is 20.3. The Morgan fingerprint density at radius 1 is 1.25 bits per heavy atom. The van der Waals surface area contributed by atoms with Gasteiger partial charge in [-0.2, -0.15) is 4.98 Å². The highest BCUT2D eigenvalue weighted by Crippen LogP contribution is 2.17. The number of hydrogen-bond acceptors (Lipinski definition) is 7. The van der Waals surface area contributed by atoms with Crippen LogP contribution in [0.4, 0.5) is 5.95 Å². The van der Waals surface area contributed by atoms with Crippen LogP contribution in [-0.4, -0.2) is 54.7 Å². The Morgan fingerprint density at radius 2 is 1.96 bits per heavy atom. The minimum absolute atomic E-state index is 0.00317. The van der Waals surface area contributed by atoms with Crippen molar-refractivity contribution in [1.82, 2.24) is 19.1 Å². The van der Waals surface area contributed by atoms with E-state index in [4.69, 9.17) is 4.74 Å². The molecular weight excluding hydrogens is 366 g/mol. The van der Waals surface area contributed by atoms with Gasteiger partial charge >= 0.3 is 5.69 Å². The van der Waals surface area contributed by atoms with Gasteiger partial charge in [-0.05, 0) is 19.1 Å². The smallest absolute Gasteiger partial charge is 0.329 e. The Morgan fingerprint density at radius 3 is 2.64 bits per heavy atom. The summed E-state index contributed by atoms with van der Waals surface area (Å²) in [5, 5.41) is 22.9. The molecule has 10 heteroatoms. The lowest BCUT2D eigenvalue weighted by atomic mass is 10.3. The van der Waals surface area contributed by atoms with E-state index in [1.54, 1.807) is 19.1 Å². The Labute approximate surface area is 160 Å². The molecule has 0 spiro atoms. The topological polar surface area (TPSA) is 134 Å². The van der Waals surface area contributed by atoms with E-state index in [9.17, 15) is 19.8 Å². The third-order valence-electron chi connectivity index (χ3n) is 4.14. The lowest BCUT2D eigenvalue weighted by molar-refractivity contribution is 0.0938. The number of nitrogens with one attached hydrogen (secondary N) is 2. The lowest BCUT2D eigenvalue weighted by Crippen LogP contribution is -2.31. The number of aliphatic hydroxyl groups is 2. The summed E-state index contributed by atoms with van der Waals surface area (Å²) < 4.78 is 8.25. The Kier molecular flexibility index (Phi) is 5.81. The number of ether oxygens (including phenoxy) is 1. The first-order valence-electron chi connectivity index (χ1n) is 8.84. The molecule has 0 aliphatic heterocycles. The van der Waals surface area contributed by atoms with Crippen molar-refractivity contribution in [2.45, 2.75) is 25.7 Å². The zero-order valence-electron chi connectivity index (χ0n) is 15.6. The standard InChI is InChI=1S/C18H23N5O5/c1-11(24)8-19-17-20-15-14(16(26)21-18(27)22(15)2)23(17)9-12(25)10-28-13-6-4-3-5-7-13/h3-7,11-12,24-25H,8-10H2,1-2H3,(H,19,20)(H,21,26,27)/t11-,12-/m1/s1. The number of benzene rings is 1. The second-order valence-electron chi connectivity index (χ2n) is 6.54. The highest BCUT2D eigenvalue weighted by molar-refractivity contribution is 5.74. The number of aromatic nitrogens is 4. The molecule has 0 bridgehead atoms. The van der Waals surface area contributed by atoms with Crippen molar-refractivity contribution in [3.8, 4) is 5.75 Å². The summed E-state index contributed by atoms with van der Waals surface area (Å²) in [5.41, 5.74) is -0.865. The molecule has 2 aromatic heterocycles. The minimum atomic E-state index is -0.943. The van der Waals surface area contributed by atoms with Crippen LogP contribution in [0.2, 0.25) is 0 Å². The molecule has 0 radical (unpaired) electrons. The van der Waals surface area contributed by atoms with Gasteiger partial charge in [0.15, 0.2) is 11.2 Å². The molecule has 0 saturated heterocycles. The Bertz CT molecular complexity index is 1050. The predicted molar refractivity (Wildman–Crippen MR) is 104 cm³/mol. The van der Waals surface area contributed by atoms with Crippen LogP contribution in [0.1, 0.15) is 6.92 Å². The van der Waals surface area contributed by atoms with Gasteiger partial charge in [0.05, 0.1) is 12.6 Å². The van der Waals surface area contributed by atoms with Crippen molar-refractivity contribution in [3.05, 3.63) is 51.2 Å². The average molecular weight is 389 g/mol. The Hall–Kier alpha value is -3.11. The summed E-state index contributed by atoms with van der Waals surface area (Å²) in [5.74, 6) is 0.881. The molecule has 2 heterocycles. The third-order valence-corrected chi connectivity index (χ3v) is 4.14. The number of anilines is 1. The van der Waals surface area contributed by atoms with Crippen LogP contribution in [0.15, 0.2) is 39.9 Å². The number of aliphatic hydroxyl groups excluding tert-OH is 2. The van der Waals surface area contributed by atoms with E-state index in [-0.39, 0.29) is 36.8 Å². The van der Waals surface area contributed by atoms with E-state index < -0.39 is 23.5 Å². The molecule has 150 valence electrons. The maximum atomic E-state index is 12.4. The number of aryl methyl sites for hydroxylation is 1. The van der Waals surface area contributed by atoms with Crippen molar-refractivity contribution in [1.29, 1.82) is 0 Å². The molecule has 10 nitrogen and oxygen atoms in total. The molecule has 28 heavy (non-hydrogen) atoms. The fourth-order valence-electron chi connectivity index (χ4n) is 2.76. The van der Waals surface area contributed by atoms with E-state index in [0.717, 1.165) is 0 Å². The minimum Gasteiger partial charge on any atom is -0.491 e. The molecule has 0 unspecified atom stereocenters. The first-order valence-corrected chi connectivity index (χ1v) is 8.84. The van der Waals surface area contributed by atoms with Crippen molar-refractivity contribution in [3.63, 3.8) is 0 Å². The summed E-state index contributed by atoms with van der Waals surface area (Å²) in [6, 6.07) is 9.05. The third kappa shape index (κ3) is 4.24. The molecule has 0 fully saturated rings. The van der Waals surface area contributed by atoms with Crippen LogP contribution in [0.5, 0.6) is 5.75 Å². The van der Waals surface area contributed by atoms with Gasteiger partial charge < -0.3 is 24.8 Å². The summed E-state index contributed by atoms with van der Waals surface area (Å²) in [6.07, 6.45) is -1.59. The first-order chi connectivity index (χ1) is 13.4. The average Bonchev–Trinajstić information content (AvgIpc) is 3.02. The number of aromatic amines is 1. The molecule has 0 amide bonds. The largest absolute Gasteiger partial charge is 0.491 e. The highest BCUT2D eigenvalue weighted by Gasteiger charge is 2.20. The van der Waals surface area contributed by atoms with Gasteiger partial charge in [-0.25, -0.2) is 4.79 Å². The maximum absolute atomic E-state index is 12.4.